The Hall–Kier alpha value is -3.99. The highest BCUT2D eigenvalue weighted by atomic mass is 19.1. The Bertz CT molecular complexity index is 1170. The molecule has 0 fully saturated rings. The van der Waals surface area contributed by atoms with Crippen LogP contribution in [0.15, 0.2) is 108 Å². The first-order chi connectivity index (χ1) is 15.9. The molecule has 1 N–H and O–H groups in total. The molecule has 0 atom stereocenters. The first-order valence-electron chi connectivity index (χ1n) is 10.8. The molecule has 1 aliphatic heterocycles. The fraction of sp³-hybridized carbons (Fsp3) is 0.143. The van der Waals surface area contributed by atoms with Crippen LogP contribution in [0.25, 0.3) is 11.9 Å². The molecule has 33 heavy (non-hydrogen) atoms. The number of aromatic nitrogens is 1. The average molecular weight is 442 g/mol. The van der Waals surface area contributed by atoms with E-state index in [0.29, 0.717) is 22.5 Å². The molecule has 0 spiro atoms. The normalized spacial score (nSPS) is 15.8. The van der Waals surface area contributed by atoms with Gasteiger partial charge >= 0.3 is 0 Å². The lowest BCUT2D eigenvalue weighted by atomic mass is 10.1. The van der Waals surface area contributed by atoms with Crippen LogP contribution in [0, 0.1) is 0 Å². The van der Waals surface area contributed by atoms with E-state index in [-0.39, 0.29) is 5.91 Å². The number of pyridine rings is 1. The van der Waals surface area contributed by atoms with E-state index in [2.05, 4.69) is 37.7 Å². The van der Waals surface area contributed by atoms with Crippen LogP contribution in [0.3, 0.4) is 0 Å². The van der Waals surface area contributed by atoms with Gasteiger partial charge in [-0.25, -0.2) is 4.39 Å². The van der Waals surface area contributed by atoms with Crippen LogP contribution < -0.4 is 5.32 Å². The molecule has 0 saturated heterocycles. The van der Waals surface area contributed by atoms with E-state index in [4.69, 9.17) is 0 Å². The lowest BCUT2D eigenvalue weighted by Crippen LogP contribution is -2.27. The summed E-state index contributed by atoms with van der Waals surface area (Å²) < 4.78 is 14.5. The number of nitrogens with one attached hydrogen (secondary N) is 1. The zero-order valence-electron chi connectivity index (χ0n) is 19.2. The molecule has 3 rings (SSSR count). The van der Waals surface area contributed by atoms with E-state index < -0.39 is 5.83 Å². The van der Waals surface area contributed by atoms with Crippen molar-refractivity contribution in [1.82, 2.24) is 15.2 Å². The molecule has 1 amide bonds. The highest BCUT2D eigenvalue weighted by molar-refractivity contribution is 5.96. The van der Waals surface area contributed by atoms with Crippen LogP contribution in [0.5, 0.6) is 0 Å². The van der Waals surface area contributed by atoms with Crippen molar-refractivity contribution in [1.29, 1.82) is 0 Å². The molecule has 2 heterocycles. The Balaban J connectivity index is 1.76. The van der Waals surface area contributed by atoms with Crippen LogP contribution in [0.4, 0.5) is 4.39 Å². The van der Waals surface area contributed by atoms with Crippen molar-refractivity contribution in [2.75, 3.05) is 0 Å². The van der Waals surface area contributed by atoms with Gasteiger partial charge in [-0.3, -0.25) is 9.78 Å². The maximum absolute atomic E-state index is 14.5. The van der Waals surface area contributed by atoms with Crippen LogP contribution in [0.2, 0.25) is 0 Å². The van der Waals surface area contributed by atoms with E-state index in [1.807, 2.05) is 29.3 Å². The summed E-state index contributed by atoms with van der Waals surface area (Å²) in [5.74, 6) is -0.680. The number of nitrogens with zero attached hydrogens (tertiary/aromatic N) is 2. The van der Waals surface area contributed by atoms with Gasteiger partial charge in [-0.05, 0) is 62.8 Å². The first-order valence-corrected chi connectivity index (χ1v) is 10.8. The predicted molar refractivity (Wildman–Crippen MR) is 133 cm³/mol. The van der Waals surface area contributed by atoms with Crippen molar-refractivity contribution in [3.05, 3.63) is 125 Å². The van der Waals surface area contributed by atoms with Gasteiger partial charge in [-0.2, -0.15) is 0 Å². The topological polar surface area (TPSA) is 45.2 Å². The summed E-state index contributed by atoms with van der Waals surface area (Å²) in [5, 5.41) is 2.93. The van der Waals surface area contributed by atoms with Crippen molar-refractivity contribution in [3.63, 3.8) is 0 Å². The number of hydrogen-bond acceptors (Lipinski definition) is 3. The van der Waals surface area contributed by atoms with Crippen molar-refractivity contribution in [2.24, 2.45) is 0 Å². The predicted octanol–water partition coefficient (Wildman–Crippen LogP) is 6.77. The average Bonchev–Trinajstić information content (AvgIpc) is 2.84. The number of hydrogen-bond donors (Lipinski definition) is 1. The third-order valence-electron chi connectivity index (χ3n) is 5.42. The summed E-state index contributed by atoms with van der Waals surface area (Å²) in [6, 6.07) is 11.7. The zero-order chi connectivity index (χ0) is 23.8. The van der Waals surface area contributed by atoms with E-state index in [0.717, 1.165) is 17.8 Å². The summed E-state index contributed by atoms with van der Waals surface area (Å²) in [6.07, 6.45) is 13.2. The molecule has 0 unspecified atom stereocenters. The monoisotopic (exact) mass is 441 g/mol. The molecule has 1 aromatic heterocycles. The molecule has 0 saturated carbocycles. The minimum Gasteiger partial charge on any atom is -0.321 e. The van der Waals surface area contributed by atoms with E-state index in [1.54, 1.807) is 54.7 Å². The third-order valence-corrected chi connectivity index (χ3v) is 5.42. The lowest BCUT2D eigenvalue weighted by Gasteiger charge is -2.28. The minimum absolute atomic E-state index is 0.267. The molecule has 2 aromatic rings. The second-order valence-electron chi connectivity index (χ2n) is 7.61. The molecular formula is C28H28FN3O. The maximum Gasteiger partial charge on any atom is 0.255 e. The van der Waals surface area contributed by atoms with Gasteiger partial charge in [0.05, 0.1) is 11.4 Å². The van der Waals surface area contributed by atoms with Crippen molar-refractivity contribution in [3.8, 4) is 0 Å². The van der Waals surface area contributed by atoms with Crippen molar-refractivity contribution >= 4 is 17.8 Å². The van der Waals surface area contributed by atoms with Crippen LogP contribution in [-0.2, 0) is 0 Å². The Labute approximate surface area is 194 Å². The standard InChI is InChI=1S/C28H28FN3O/c1-5-9-26-16-15-25(19-32(26)21(4)20(3)6-2)31-28(33)23-13-11-22(12-14-23)27(29)18-24-10-7-8-17-30-24/h5,7-19H,1,6H2,2-4H3,(H,31,33)/b21-20+,26-9+,27-18+. The van der Waals surface area contributed by atoms with Gasteiger partial charge < -0.3 is 10.2 Å². The van der Waals surface area contributed by atoms with Crippen LogP contribution >= 0.6 is 0 Å². The fourth-order valence-electron chi connectivity index (χ4n) is 3.25. The number of benzene rings is 1. The van der Waals surface area contributed by atoms with Crippen LogP contribution in [0.1, 0.15) is 48.8 Å². The molecule has 168 valence electrons. The molecule has 0 radical (unpaired) electrons. The molecule has 1 aliphatic rings. The highest BCUT2D eigenvalue weighted by Crippen LogP contribution is 2.25. The summed E-state index contributed by atoms with van der Waals surface area (Å²) in [7, 11) is 0. The van der Waals surface area contributed by atoms with Crippen molar-refractivity contribution in [2.45, 2.75) is 27.2 Å². The number of carbonyl (C=O) groups excluding carboxylic acids is 1. The van der Waals surface area contributed by atoms with Gasteiger partial charge in [0.2, 0.25) is 0 Å². The molecule has 4 nitrogen and oxygen atoms in total. The summed E-state index contributed by atoms with van der Waals surface area (Å²) in [4.78, 5) is 18.9. The summed E-state index contributed by atoms with van der Waals surface area (Å²) >= 11 is 0. The first kappa shape index (κ1) is 23.7. The van der Waals surface area contributed by atoms with Crippen molar-refractivity contribution < 1.29 is 9.18 Å². The largest absolute Gasteiger partial charge is 0.321 e. The van der Waals surface area contributed by atoms with Gasteiger partial charge in [0.25, 0.3) is 5.91 Å². The van der Waals surface area contributed by atoms with Crippen LogP contribution in [-0.4, -0.2) is 15.8 Å². The summed E-state index contributed by atoms with van der Waals surface area (Å²) in [5.41, 5.74) is 5.33. The maximum atomic E-state index is 14.5. The molecule has 0 aliphatic carbocycles. The van der Waals surface area contributed by atoms with Gasteiger partial charge in [0, 0.05) is 41.0 Å². The van der Waals surface area contributed by atoms with E-state index >= 15 is 0 Å². The minimum atomic E-state index is -0.413. The third kappa shape index (κ3) is 6.04. The van der Waals surface area contributed by atoms with E-state index in [1.165, 1.54) is 11.6 Å². The van der Waals surface area contributed by atoms with Gasteiger partial charge in [0.15, 0.2) is 0 Å². The number of amides is 1. The van der Waals surface area contributed by atoms with Gasteiger partial charge in [0.1, 0.15) is 5.83 Å². The van der Waals surface area contributed by atoms with E-state index in [9.17, 15) is 9.18 Å². The molecule has 1 aromatic carbocycles. The smallest absolute Gasteiger partial charge is 0.255 e. The van der Waals surface area contributed by atoms with Gasteiger partial charge in [-0.1, -0.05) is 43.4 Å². The second-order valence-corrected chi connectivity index (χ2v) is 7.61. The second kappa shape index (κ2) is 11.0. The zero-order valence-corrected chi connectivity index (χ0v) is 19.2. The van der Waals surface area contributed by atoms with Gasteiger partial charge in [-0.15, -0.1) is 0 Å². The number of allylic oxidation sites excluding steroid dienone is 6. The molecular weight excluding hydrogens is 413 g/mol. The SMILES string of the molecule is C=C/C=C1\C=CC(NC(=O)c2ccc(/C(F)=C\c3ccccn3)cc2)=CN1/C(C)=C(\C)CC. The fourth-order valence-corrected chi connectivity index (χ4v) is 3.25. The molecule has 5 heteroatoms. The Morgan fingerprint density at radius 3 is 2.48 bits per heavy atom. The Morgan fingerprint density at radius 1 is 1.12 bits per heavy atom. The lowest BCUT2D eigenvalue weighted by molar-refractivity contribution is 0.0966. The Morgan fingerprint density at radius 2 is 1.85 bits per heavy atom. The Kier molecular flexibility index (Phi) is 7.92. The highest BCUT2D eigenvalue weighted by Gasteiger charge is 2.16. The molecule has 0 bridgehead atoms. The summed E-state index contributed by atoms with van der Waals surface area (Å²) in [6.45, 7) is 10.0. The number of carbonyl (C=O) groups is 1. The quantitative estimate of drug-likeness (QED) is 0.516. The number of halogens is 1. The number of rotatable bonds is 7.